The largest absolute Gasteiger partial charge is 0.464 e. The number of pyridine rings is 1. The van der Waals surface area contributed by atoms with Gasteiger partial charge in [0.05, 0.1) is 11.6 Å². The first-order valence-corrected chi connectivity index (χ1v) is 11.8. The average Bonchev–Trinajstić information content (AvgIpc) is 3.49. The van der Waals surface area contributed by atoms with E-state index in [1.807, 2.05) is 18.3 Å². The van der Waals surface area contributed by atoms with Crippen molar-refractivity contribution in [2.75, 3.05) is 13.1 Å². The SMILES string of the molecule is Fc1ccc(C2=CN(CCC(CC3CCCCC3)c3ccccn3)CC2)c2occc12. The molecule has 1 aliphatic carbocycles. The highest BCUT2D eigenvalue weighted by atomic mass is 19.1. The van der Waals surface area contributed by atoms with Gasteiger partial charge in [-0.3, -0.25) is 4.98 Å². The molecule has 1 aliphatic heterocycles. The van der Waals surface area contributed by atoms with Crippen LogP contribution in [0, 0.1) is 11.7 Å². The maximum absolute atomic E-state index is 14.0. The lowest BCUT2D eigenvalue weighted by Crippen LogP contribution is -2.20. The fraction of sp³-hybridized carbons (Fsp3) is 0.444. The molecule has 1 fully saturated rings. The Balaban J connectivity index is 1.28. The maximum atomic E-state index is 14.0. The maximum Gasteiger partial charge on any atom is 0.144 e. The minimum Gasteiger partial charge on any atom is -0.464 e. The van der Waals surface area contributed by atoms with Gasteiger partial charge in [-0.05, 0) is 61.1 Å². The van der Waals surface area contributed by atoms with Gasteiger partial charge in [0.1, 0.15) is 11.4 Å². The number of furan rings is 1. The van der Waals surface area contributed by atoms with E-state index in [9.17, 15) is 4.39 Å². The number of benzene rings is 1. The van der Waals surface area contributed by atoms with E-state index in [1.54, 1.807) is 18.4 Å². The van der Waals surface area contributed by atoms with Crippen molar-refractivity contribution in [1.29, 1.82) is 0 Å². The molecule has 2 aliphatic rings. The predicted octanol–water partition coefficient (Wildman–Crippen LogP) is 7.16. The van der Waals surface area contributed by atoms with E-state index in [4.69, 9.17) is 9.40 Å². The summed E-state index contributed by atoms with van der Waals surface area (Å²) in [5.74, 6) is 1.14. The van der Waals surface area contributed by atoms with Crippen molar-refractivity contribution in [2.45, 2.75) is 57.3 Å². The van der Waals surface area contributed by atoms with Crippen LogP contribution in [-0.4, -0.2) is 23.0 Å². The fourth-order valence-corrected chi connectivity index (χ4v) is 5.43. The van der Waals surface area contributed by atoms with Gasteiger partial charge < -0.3 is 9.32 Å². The number of halogens is 1. The lowest BCUT2D eigenvalue weighted by Gasteiger charge is -2.27. The van der Waals surface area contributed by atoms with Crippen LogP contribution in [0.3, 0.4) is 0 Å². The molecular weight excluding hydrogens is 387 g/mol. The third-order valence-corrected chi connectivity index (χ3v) is 7.13. The summed E-state index contributed by atoms with van der Waals surface area (Å²) in [7, 11) is 0. The van der Waals surface area contributed by atoms with Crippen LogP contribution in [0.1, 0.15) is 68.5 Å². The van der Waals surface area contributed by atoms with E-state index in [1.165, 1.54) is 49.8 Å². The topological polar surface area (TPSA) is 29.3 Å². The third-order valence-electron chi connectivity index (χ3n) is 7.13. The average molecular weight is 419 g/mol. The molecule has 31 heavy (non-hydrogen) atoms. The molecule has 162 valence electrons. The molecule has 2 aromatic heterocycles. The van der Waals surface area contributed by atoms with Crippen molar-refractivity contribution in [3.63, 3.8) is 0 Å². The Morgan fingerprint density at radius 3 is 2.84 bits per heavy atom. The molecule has 0 bridgehead atoms. The molecule has 0 spiro atoms. The second kappa shape index (κ2) is 9.25. The second-order valence-electron chi connectivity index (χ2n) is 9.18. The zero-order valence-corrected chi connectivity index (χ0v) is 18.1. The lowest BCUT2D eigenvalue weighted by molar-refractivity contribution is 0.295. The summed E-state index contributed by atoms with van der Waals surface area (Å²) < 4.78 is 19.6. The van der Waals surface area contributed by atoms with Crippen LogP contribution in [0.15, 0.2) is 59.5 Å². The van der Waals surface area contributed by atoms with Crippen LogP contribution in [0.25, 0.3) is 16.5 Å². The van der Waals surface area contributed by atoms with Gasteiger partial charge in [0.15, 0.2) is 0 Å². The second-order valence-corrected chi connectivity index (χ2v) is 9.18. The van der Waals surface area contributed by atoms with Crippen molar-refractivity contribution in [3.05, 3.63) is 72.1 Å². The Morgan fingerprint density at radius 1 is 1.10 bits per heavy atom. The standard InChI is InChI=1S/C27H31FN2O/c28-25-10-9-23(27-24(25)13-17-31-27)22-12-16-30(19-22)15-11-21(26-8-4-5-14-29-26)18-20-6-2-1-3-7-20/h4-5,8-10,13-14,17,19-21H,1-3,6-7,11-12,15-16,18H2. The van der Waals surface area contributed by atoms with E-state index < -0.39 is 0 Å². The Morgan fingerprint density at radius 2 is 2.00 bits per heavy atom. The molecule has 3 aromatic rings. The summed E-state index contributed by atoms with van der Waals surface area (Å²) in [4.78, 5) is 7.13. The minimum absolute atomic E-state index is 0.219. The number of aromatic nitrogens is 1. The number of hydrogen-bond acceptors (Lipinski definition) is 3. The van der Waals surface area contributed by atoms with Crippen LogP contribution >= 0.6 is 0 Å². The Labute approximate surface area is 184 Å². The van der Waals surface area contributed by atoms with Gasteiger partial charge in [-0.1, -0.05) is 38.2 Å². The van der Waals surface area contributed by atoms with Crippen molar-refractivity contribution >= 4 is 16.5 Å². The first kappa shape index (κ1) is 20.3. The van der Waals surface area contributed by atoms with Crippen molar-refractivity contribution < 1.29 is 8.81 Å². The van der Waals surface area contributed by atoms with Gasteiger partial charge in [0.2, 0.25) is 0 Å². The molecule has 0 saturated heterocycles. The van der Waals surface area contributed by atoms with E-state index in [0.717, 1.165) is 37.4 Å². The normalized spacial score (nSPS) is 18.5. The molecule has 1 aromatic carbocycles. The van der Waals surface area contributed by atoms with Crippen LogP contribution < -0.4 is 0 Å². The Bertz CT molecular complexity index is 1040. The Kier molecular flexibility index (Phi) is 6.06. The summed E-state index contributed by atoms with van der Waals surface area (Å²) >= 11 is 0. The minimum atomic E-state index is -0.219. The zero-order chi connectivity index (χ0) is 21.0. The van der Waals surface area contributed by atoms with Crippen LogP contribution in [0.4, 0.5) is 4.39 Å². The highest BCUT2D eigenvalue weighted by Crippen LogP contribution is 2.36. The van der Waals surface area contributed by atoms with Crippen molar-refractivity contribution in [3.8, 4) is 0 Å². The number of fused-ring (bicyclic) bond motifs is 1. The molecule has 1 atom stereocenters. The molecule has 3 heterocycles. The summed E-state index contributed by atoms with van der Waals surface area (Å²) in [6.07, 6.45) is 16.0. The van der Waals surface area contributed by atoms with E-state index >= 15 is 0 Å². The lowest BCUT2D eigenvalue weighted by atomic mass is 9.80. The Hall–Kier alpha value is -2.62. The third kappa shape index (κ3) is 4.53. The highest BCUT2D eigenvalue weighted by Gasteiger charge is 2.23. The fourth-order valence-electron chi connectivity index (χ4n) is 5.43. The van der Waals surface area contributed by atoms with Crippen LogP contribution in [-0.2, 0) is 0 Å². The summed E-state index contributed by atoms with van der Waals surface area (Å²) in [5.41, 5.74) is 4.16. The van der Waals surface area contributed by atoms with Crippen molar-refractivity contribution in [2.24, 2.45) is 5.92 Å². The molecular formula is C27H31FN2O. The predicted molar refractivity (Wildman–Crippen MR) is 123 cm³/mol. The van der Waals surface area contributed by atoms with Gasteiger partial charge >= 0.3 is 0 Å². The first-order chi connectivity index (χ1) is 15.3. The molecule has 0 amide bonds. The molecule has 1 saturated carbocycles. The van der Waals surface area contributed by atoms with Gasteiger partial charge in [-0.25, -0.2) is 4.39 Å². The van der Waals surface area contributed by atoms with E-state index in [-0.39, 0.29) is 5.82 Å². The van der Waals surface area contributed by atoms with Crippen LogP contribution in [0.2, 0.25) is 0 Å². The smallest absolute Gasteiger partial charge is 0.144 e. The molecule has 0 radical (unpaired) electrons. The van der Waals surface area contributed by atoms with Gasteiger partial charge in [-0.2, -0.15) is 0 Å². The van der Waals surface area contributed by atoms with E-state index in [2.05, 4.69) is 23.2 Å². The monoisotopic (exact) mass is 418 g/mol. The first-order valence-electron chi connectivity index (χ1n) is 11.8. The highest BCUT2D eigenvalue weighted by molar-refractivity contribution is 5.90. The molecule has 3 nitrogen and oxygen atoms in total. The van der Waals surface area contributed by atoms with Gasteiger partial charge in [0.25, 0.3) is 0 Å². The molecule has 4 heteroatoms. The number of rotatable bonds is 7. The quantitative estimate of drug-likeness (QED) is 0.408. The summed E-state index contributed by atoms with van der Waals surface area (Å²) in [6.45, 7) is 2.03. The van der Waals surface area contributed by atoms with E-state index in [0.29, 0.717) is 16.9 Å². The number of hydrogen-bond donors (Lipinski definition) is 0. The summed E-state index contributed by atoms with van der Waals surface area (Å²) in [5, 5.41) is 0.569. The number of nitrogens with zero attached hydrogens (tertiary/aromatic N) is 2. The molecule has 1 unspecified atom stereocenters. The van der Waals surface area contributed by atoms with Crippen molar-refractivity contribution in [1.82, 2.24) is 9.88 Å². The zero-order valence-electron chi connectivity index (χ0n) is 18.1. The summed E-state index contributed by atoms with van der Waals surface area (Å²) in [6, 6.07) is 11.4. The molecule has 5 rings (SSSR count). The van der Waals surface area contributed by atoms with Crippen LogP contribution in [0.5, 0.6) is 0 Å². The molecule has 0 N–H and O–H groups in total. The van der Waals surface area contributed by atoms with Gasteiger partial charge in [0, 0.05) is 42.7 Å². The van der Waals surface area contributed by atoms with Gasteiger partial charge in [-0.15, -0.1) is 0 Å².